The van der Waals surface area contributed by atoms with Crippen molar-refractivity contribution in [1.29, 1.82) is 0 Å². The minimum atomic E-state index is -0.527. The first-order chi connectivity index (χ1) is 9.23. The van der Waals surface area contributed by atoms with Crippen molar-refractivity contribution in [3.05, 3.63) is 17.5 Å². The molecule has 20 heavy (non-hydrogen) atoms. The summed E-state index contributed by atoms with van der Waals surface area (Å²) < 4.78 is 2.03. The molecule has 0 atom stereocenters. The molecule has 1 fully saturated rings. The van der Waals surface area contributed by atoms with Gasteiger partial charge in [0.05, 0.1) is 11.3 Å². The highest BCUT2D eigenvalue weighted by Gasteiger charge is 2.37. The van der Waals surface area contributed by atoms with Crippen LogP contribution in [0.2, 0.25) is 0 Å². The summed E-state index contributed by atoms with van der Waals surface area (Å²) in [6.45, 7) is 12.0. The monoisotopic (exact) mass is 278 g/mol. The Bertz CT molecular complexity index is 448. The first kappa shape index (κ1) is 15.6. The van der Waals surface area contributed by atoms with Crippen LogP contribution in [0, 0.1) is 18.3 Å². The smallest absolute Gasteiger partial charge is 0.0703 e. The third-order valence-electron chi connectivity index (χ3n) is 4.94. The van der Waals surface area contributed by atoms with E-state index in [9.17, 15) is 5.11 Å². The Labute approximate surface area is 123 Å². The molecule has 0 unspecified atom stereocenters. The highest BCUT2D eigenvalue weighted by Crippen LogP contribution is 2.42. The van der Waals surface area contributed by atoms with Crippen molar-refractivity contribution >= 4 is 0 Å². The third-order valence-corrected chi connectivity index (χ3v) is 4.94. The van der Waals surface area contributed by atoms with Crippen molar-refractivity contribution in [2.75, 3.05) is 0 Å². The second-order valence-corrected chi connectivity index (χ2v) is 7.63. The maximum absolute atomic E-state index is 10.9. The van der Waals surface area contributed by atoms with E-state index in [2.05, 4.69) is 38.9 Å². The Morgan fingerprint density at radius 2 is 1.95 bits per heavy atom. The highest BCUT2D eigenvalue weighted by molar-refractivity contribution is 5.12. The first-order valence-electron chi connectivity index (χ1n) is 7.99. The van der Waals surface area contributed by atoms with Gasteiger partial charge in [0.25, 0.3) is 0 Å². The molecule has 114 valence electrons. The average Bonchev–Trinajstić information content (AvgIpc) is 2.68. The van der Waals surface area contributed by atoms with Gasteiger partial charge < -0.3 is 5.11 Å². The van der Waals surface area contributed by atoms with Gasteiger partial charge in [-0.15, -0.1) is 0 Å². The standard InChI is InChI=1S/C17H30N2O/c1-6-19-15(11-13(2)18-19)12-17(20)9-7-14(8-10-17)16(3,4)5/h11,14,20H,6-10,12H2,1-5H3. The molecule has 3 heteroatoms. The zero-order valence-electron chi connectivity index (χ0n) is 13.7. The fourth-order valence-electron chi connectivity index (χ4n) is 3.55. The van der Waals surface area contributed by atoms with Crippen LogP contribution in [0.25, 0.3) is 0 Å². The quantitative estimate of drug-likeness (QED) is 0.915. The Morgan fingerprint density at radius 3 is 2.45 bits per heavy atom. The van der Waals surface area contributed by atoms with Crippen molar-refractivity contribution in [1.82, 2.24) is 9.78 Å². The molecule has 2 rings (SSSR count). The minimum absolute atomic E-state index is 0.364. The summed E-state index contributed by atoms with van der Waals surface area (Å²) in [7, 11) is 0. The SMILES string of the molecule is CCn1nc(C)cc1CC1(O)CCC(C(C)(C)C)CC1. The maximum atomic E-state index is 10.9. The third kappa shape index (κ3) is 3.43. The lowest BCUT2D eigenvalue weighted by Gasteiger charge is -2.41. The van der Waals surface area contributed by atoms with Crippen LogP contribution in [0.15, 0.2) is 6.07 Å². The van der Waals surface area contributed by atoms with Crippen molar-refractivity contribution in [3.8, 4) is 0 Å². The average molecular weight is 278 g/mol. The second kappa shape index (κ2) is 5.51. The molecule has 1 aromatic rings. The number of hydrogen-bond acceptors (Lipinski definition) is 2. The molecule has 0 spiro atoms. The molecule has 1 aliphatic rings. The molecule has 0 radical (unpaired) electrons. The number of aliphatic hydroxyl groups is 1. The van der Waals surface area contributed by atoms with E-state index in [4.69, 9.17) is 0 Å². The topological polar surface area (TPSA) is 38.0 Å². The number of nitrogens with zero attached hydrogens (tertiary/aromatic N) is 2. The van der Waals surface area contributed by atoms with E-state index in [0.29, 0.717) is 5.41 Å². The largest absolute Gasteiger partial charge is 0.389 e. The van der Waals surface area contributed by atoms with Gasteiger partial charge in [0.1, 0.15) is 0 Å². The number of hydrogen-bond donors (Lipinski definition) is 1. The van der Waals surface area contributed by atoms with Crippen molar-refractivity contribution in [2.45, 2.75) is 78.9 Å². The molecule has 1 aliphatic carbocycles. The van der Waals surface area contributed by atoms with Crippen molar-refractivity contribution < 1.29 is 5.11 Å². The van der Waals surface area contributed by atoms with Gasteiger partial charge in [-0.3, -0.25) is 4.68 Å². The summed E-state index contributed by atoms with van der Waals surface area (Å²) in [6, 6.07) is 2.12. The summed E-state index contributed by atoms with van der Waals surface area (Å²) in [5, 5.41) is 15.4. The van der Waals surface area contributed by atoms with Gasteiger partial charge in [-0.2, -0.15) is 5.10 Å². The fraction of sp³-hybridized carbons (Fsp3) is 0.824. The molecule has 0 aromatic carbocycles. The number of rotatable bonds is 3. The van der Waals surface area contributed by atoms with E-state index >= 15 is 0 Å². The van der Waals surface area contributed by atoms with E-state index in [0.717, 1.165) is 50.3 Å². The van der Waals surface area contributed by atoms with Crippen LogP contribution in [0.1, 0.15) is 64.8 Å². The van der Waals surface area contributed by atoms with Gasteiger partial charge in [-0.1, -0.05) is 20.8 Å². The summed E-state index contributed by atoms with van der Waals surface area (Å²) in [5.41, 5.74) is 2.07. The Balaban J connectivity index is 2.03. The highest BCUT2D eigenvalue weighted by atomic mass is 16.3. The normalized spacial score (nSPS) is 27.8. The van der Waals surface area contributed by atoms with Gasteiger partial charge in [-0.25, -0.2) is 0 Å². The van der Waals surface area contributed by atoms with Crippen molar-refractivity contribution in [2.24, 2.45) is 11.3 Å². The summed E-state index contributed by atoms with van der Waals surface area (Å²) in [4.78, 5) is 0. The molecule has 1 N–H and O–H groups in total. The lowest BCUT2D eigenvalue weighted by atomic mass is 9.67. The Morgan fingerprint density at radius 1 is 1.35 bits per heavy atom. The minimum Gasteiger partial charge on any atom is -0.389 e. The second-order valence-electron chi connectivity index (χ2n) is 7.63. The fourth-order valence-corrected chi connectivity index (χ4v) is 3.55. The van der Waals surface area contributed by atoms with Crippen LogP contribution >= 0.6 is 0 Å². The molecule has 3 nitrogen and oxygen atoms in total. The van der Waals surface area contributed by atoms with Gasteiger partial charge in [0.2, 0.25) is 0 Å². The molecule has 0 bridgehead atoms. The summed E-state index contributed by atoms with van der Waals surface area (Å²) >= 11 is 0. The van der Waals surface area contributed by atoms with Crippen LogP contribution in [-0.4, -0.2) is 20.5 Å². The van der Waals surface area contributed by atoms with Crippen LogP contribution < -0.4 is 0 Å². The summed E-state index contributed by atoms with van der Waals surface area (Å²) in [6.07, 6.45) is 4.86. The lowest BCUT2D eigenvalue weighted by Crippen LogP contribution is -2.39. The Hall–Kier alpha value is -0.830. The summed E-state index contributed by atoms with van der Waals surface area (Å²) in [5.74, 6) is 0.737. The molecular formula is C17H30N2O. The predicted molar refractivity (Wildman–Crippen MR) is 82.7 cm³/mol. The molecule has 0 amide bonds. The zero-order chi connectivity index (χ0) is 15.0. The number of aromatic nitrogens is 2. The van der Waals surface area contributed by atoms with E-state index < -0.39 is 5.60 Å². The van der Waals surface area contributed by atoms with Gasteiger partial charge in [0, 0.05) is 18.7 Å². The van der Waals surface area contributed by atoms with Crippen LogP contribution in [-0.2, 0) is 13.0 Å². The molecule has 0 aliphatic heterocycles. The Kier molecular flexibility index (Phi) is 4.29. The van der Waals surface area contributed by atoms with E-state index in [1.807, 2.05) is 11.6 Å². The lowest BCUT2D eigenvalue weighted by molar-refractivity contribution is -0.0258. The van der Waals surface area contributed by atoms with Gasteiger partial charge in [-0.05, 0) is 56.9 Å². The van der Waals surface area contributed by atoms with Crippen LogP contribution in [0.5, 0.6) is 0 Å². The molecule has 1 heterocycles. The van der Waals surface area contributed by atoms with Crippen molar-refractivity contribution in [3.63, 3.8) is 0 Å². The maximum Gasteiger partial charge on any atom is 0.0703 e. The zero-order valence-corrected chi connectivity index (χ0v) is 13.7. The van der Waals surface area contributed by atoms with Gasteiger partial charge >= 0.3 is 0 Å². The van der Waals surface area contributed by atoms with E-state index in [-0.39, 0.29) is 0 Å². The van der Waals surface area contributed by atoms with E-state index in [1.54, 1.807) is 0 Å². The van der Waals surface area contributed by atoms with Crippen LogP contribution in [0.4, 0.5) is 0 Å². The molecular weight excluding hydrogens is 248 g/mol. The molecule has 1 aromatic heterocycles. The van der Waals surface area contributed by atoms with Crippen LogP contribution in [0.3, 0.4) is 0 Å². The number of aryl methyl sites for hydroxylation is 2. The molecule has 1 saturated carbocycles. The van der Waals surface area contributed by atoms with Gasteiger partial charge in [0.15, 0.2) is 0 Å². The molecule has 0 saturated heterocycles. The van der Waals surface area contributed by atoms with E-state index in [1.165, 1.54) is 5.69 Å². The predicted octanol–water partition coefficient (Wildman–Crippen LogP) is 3.72. The first-order valence-corrected chi connectivity index (χ1v) is 7.99.